The highest BCUT2D eigenvalue weighted by molar-refractivity contribution is 5.89. The second-order valence-electron chi connectivity index (χ2n) is 8.73. The number of hydrogen-bond acceptors (Lipinski definition) is 5. The molecule has 164 valence electrons. The van der Waals surface area contributed by atoms with Gasteiger partial charge in [0.25, 0.3) is 0 Å². The Labute approximate surface area is 176 Å². The summed E-state index contributed by atoms with van der Waals surface area (Å²) < 4.78 is 12.0. The SMILES string of the molecule is CN(C)C(=O)C[C@@H]1C[C@@H]2c3cc(NC(=O)NC4CCCC4)ccc3O[C@@H]2[C@@H](CO)O1. The van der Waals surface area contributed by atoms with Crippen LogP contribution in [0.15, 0.2) is 18.2 Å². The smallest absolute Gasteiger partial charge is 0.319 e. The van der Waals surface area contributed by atoms with Crippen molar-refractivity contribution < 1.29 is 24.2 Å². The number of carbonyl (C=O) groups excluding carboxylic acids is 2. The third kappa shape index (κ3) is 4.39. The van der Waals surface area contributed by atoms with Crippen molar-refractivity contribution in [2.75, 3.05) is 26.0 Å². The highest BCUT2D eigenvalue weighted by atomic mass is 16.6. The van der Waals surface area contributed by atoms with Gasteiger partial charge in [-0.15, -0.1) is 0 Å². The molecule has 0 unspecified atom stereocenters. The highest BCUT2D eigenvalue weighted by Gasteiger charge is 2.46. The van der Waals surface area contributed by atoms with E-state index in [4.69, 9.17) is 9.47 Å². The summed E-state index contributed by atoms with van der Waals surface area (Å²) in [6.45, 7) is -0.170. The van der Waals surface area contributed by atoms with E-state index in [1.807, 2.05) is 18.2 Å². The van der Waals surface area contributed by atoms with Crippen LogP contribution in [-0.4, -0.2) is 67.0 Å². The van der Waals surface area contributed by atoms with E-state index >= 15 is 0 Å². The summed E-state index contributed by atoms with van der Waals surface area (Å²) in [7, 11) is 3.44. The lowest BCUT2D eigenvalue weighted by atomic mass is 9.84. The largest absolute Gasteiger partial charge is 0.487 e. The van der Waals surface area contributed by atoms with Crippen molar-refractivity contribution in [3.63, 3.8) is 0 Å². The molecule has 1 aliphatic carbocycles. The van der Waals surface area contributed by atoms with Gasteiger partial charge in [-0.1, -0.05) is 12.8 Å². The van der Waals surface area contributed by atoms with Crippen LogP contribution in [0.1, 0.15) is 50.0 Å². The van der Waals surface area contributed by atoms with Crippen LogP contribution in [0.25, 0.3) is 0 Å². The molecule has 0 spiro atoms. The van der Waals surface area contributed by atoms with Crippen LogP contribution >= 0.6 is 0 Å². The van der Waals surface area contributed by atoms with Crippen molar-refractivity contribution in [3.8, 4) is 5.75 Å². The number of nitrogens with zero attached hydrogens (tertiary/aromatic N) is 1. The third-order valence-electron chi connectivity index (χ3n) is 6.35. The molecule has 3 aliphatic rings. The molecule has 8 nitrogen and oxygen atoms in total. The van der Waals surface area contributed by atoms with Gasteiger partial charge in [-0.25, -0.2) is 4.79 Å². The predicted molar refractivity (Wildman–Crippen MR) is 112 cm³/mol. The van der Waals surface area contributed by atoms with Crippen LogP contribution in [0.5, 0.6) is 5.75 Å². The van der Waals surface area contributed by atoms with Gasteiger partial charge in [-0.05, 0) is 37.5 Å². The summed E-state index contributed by atoms with van der Waals surface area (Å²) in [6.07, 6.45) is 4.22. The molecule has 1 saturated heterocycles. The van der Waals surface area contributed by atoms with Gasteiger partial charge in [-0.2, -0.15) is 0 Å². The molecule has 8 heteroatoms. The number of aliphatic hydroxyl groups is 1. The maximum absolute atomic E-state index is 12.3. The van der Waals surface area contributed by atoms with Gasteiger partial charge in [-0.3, -0.25) is 4.79 Å². The Hall–Kier alpha value is -2.32. The van der Waals surface area contributed by atoms with Gasteiger partial charge in [0.15, 0.2) is 0 Å². The maximum atomic E-state index is 12.3. The first kappa shape index (κ1) is 20.9. The average Bonchev–Trinajstić information content (AvgIpc) is 3.34. The van der Waals surface area contributed by atoms with Crippen LogP contribution in [0.4, 0.5) is 10.5 Å². The molecule has 0 aromatic heterocycles. The number of aliphatic hydroxyl groups excluding tert-OH is 1. The van der Waals surface area contributed by atoms with Gasteiger partial charge >= 0.3 is 6.03 Å². The number of rotatable bonds is 5. The minimum Gasteiger partial charge on any atom is -0.487 e. The van der Waals surface area contributed by atoms with Crippen LogP contribution in [-0.2, 0) is 9.53 Å². The summed E-state index contributed by atoms with van der Waals surface area (Å²) >= 11 is 0. The fourth-order valence-electron chi connectivity index (χ4n) is 4.77. The Morgan fingerprint density at radius 1 is 1.23 bits per heavy atom. The highest BCUT2D eigenvalue weighted by Crippen LogP contribution is 2.47. The summed E-state index contributed by atoms with van der Waals surface area (Å²) in [5.74, 6) is 0.743. The zero-order chi connectivity index (χ0) is 21.3. The zero-order valence-electron chi connectivity index (χ0n) is 17.6. The van der Waals surface area contributed by atoms with Crippen molar-refractivity contribution in [2.45, 2.75) is 68.8 Å². The summed E-state index contributed by atoms with van der Waals surface area (Å²) in [4.78, 5) is 26.0. The van der Waals surface area contributed by atoms with Crippen LogP contribution in [0.3, 0.4) is 0 Å². The molecule has 4 rings (SSSR count). The monoisotopic (exact) mass is 417 g/mol. The number of carbonyl (C=O) groups is 2. The molecule has 4 atom stereocenters. The minimum absolute atomic E-state index is 0.00510. The van der Waals surface area contributed by atoms with E-state index in [-0.39, 0.29) is 49.1 Å². The maximum Gasteiger partial charge on any atom is 0.319 e. The summed E-state index contributed by atoms with van der Waals surface area (Å²) in [5, 5.41) is 15.8. The Kier molecular flexibility index (Phi) is 6.15. The van der Waals surface area contributed by atoms with E-state index in [1.54, 1.807) is 19.0 Å². The van der Waals surface area contributed by atoms with Crippen molar-refractivity contribution in [1.82, 2.24) is 10.2 Å². The summed E-state index contributed by atoms with van der Waals surface area (Å²) in [5.41, 5.74) is 1.70. The molecule has 0 radical (unpaired) electrons. The lowest BCUT2D eigenvalue weighted by Crippen LogP contribution is -2.47. The molecule has 1 saturated carbocycles. The van der Waals surface area contributed by atoms with Crippen LogP contribution in [0.2, 0.25) is 0 Å². The first-order valence-corrected chi connectivity index (χ1v) is 10.8. The Bertz CT molecular complexity index is 793. The second kappa shape index (κ2) is 8.81. The summed E-state index contributed by atoms with van der Waals surface area (Å²) in [6, 6.07) is 5.69. The molecule has 0 bridgehead atoms. The standard InChI is InChI=1S/C22H31N3O5/c1-25(2)20(27)11-15-10-17-16-9-14(24-22(28)23-13-5-3-4-6-13)7-8-18(16)30-21(17)19(12-26)29-15/h7-9,13,15,17,19,21,26H,3-6,10-12H2,1-2H3,(H2,23,24,28)/t15-,17+,19+,21-/m0/s1. The van der Waals surface area contributed by atoms with E-state index in [1.165, 1.54) is 0 Å². The van der Waals surface area contributed by atoms with Crippen LogP contribution in [0, 0.1) is 0 Å². The number of ether oxygens (including phenoxy) is 2. The van der Waals surface area contributed by atoms with Gasteiger partial charge in [0.1, 0.15) is 18.0 Å². The van der Waals surface area contributed by atoms with Crippen molar-refractivity contribution in [1.29, 1.82) is 0 Å². The molecule has 2 fully saturated rings. The van der Waals surface area contributed by atoms with E-state index in [9.17, 15) is 14.7 Å². The van der Waals surface area contributed by atoms with E-state index in [2.05, 4.69) is 10.6 Å². The van der Waals surface area contributed by atoms with Gasteiger partial charge in [0.2, 0.25) is 5.91 Å². The molecule has 30 heavy (non-hydrogen) atoms. The Morgan fingerprint density at radius 3 is 2.70 bits per heavy atom. The second-order valence-corrected chi connectivity index (χ2v) is 8.73. The predicted octanol–water partition coefficient (Wildman–Crippen LogP) is 2.22. The first-order chi connectivity index (χ1) is 14.4. The quantitative estimate of drug-likeness (QED) is 0.682. The van der Waals surface area contributed by atoms with Gasteiger partial charge in [0.05, 0.1) is 19.1 Å². The van der Waals surface area contributed by atoms with Crippen molar-refractivity contribution in [2.24, 2.45) is 0 Å². The average molecular weight is 418 g/mol. The fraction of sp³-hybridized carbons (Fsp3) is 0.636. The molecule has 3 amide bonds. The lowest BCUT2D eigenvalue weighted by molar-refractivity contribution is -0.147. The topological polar surface area (TPSA) is 100 Å². The number of amides is 3. The molecule has 1 aromatic carbocycles. The lowest BCUT2D eigenvalue weighted by Gasteiger charge is -2.37. The molecule has 3 N–H and O–H groups in total. The number of fused-ring (bicyclic) bond motifs is 3. The third-order valence-corrected chi connectivity index (χ3v) is 6.35. The molecule has 1 aromatic rings. The molecule has 2 aliphatic heterocycles. The number of anilines is 1. The zero-order valence-corrected chi connectivity index (χ0v) is 17.6. The molecule has 2 heterocycles. The van der Waals surface area contributed by atoms with Crippen LogP contribution < -0.4 is 15.4 Å². The number of hydrogen-bond donors (Lipinski definition) is 3. The van der Waals surface area contributed by atoms with Crippen molar-refractivity contribution in [3.05, 3.63) is 23.8 Å². The van der Waals surface area contributed by atoms with Crippen molar-refractivity contribution >= 4 is 17.6 Å². The molecular weight excluding hydrogens is 386 g/mol. The first-order valence-electron chi connectivity index (χ1n) is 10.8. The fourth-order valence-corrected chi connectivity index (χ4v) is 4.77. The van der Waals surface area contributed by atoms with E-state index in [0.29, 0.717) is 12.1 Å². The van der Waals surface area contributed by atoms with E-state index < -0.39 is 6.10 Å². The van der Waals surface area contributed by atoms with Gasteiger partial charge in [0, 0.05) is 37.3 Å². The normalized spacial score (nSPS) is 27.7. The van der Waals surface area contributed by atoms with E-state index in [0.717, 1.165) is 37.0 Å². The Morgan fingerprint density at radius 2 is 2.00 bits per heavy atom. The molecular formula is C22H31N3O5. The van der Waals surface area contributed by atoms with Gasteiger partial charge < -0.3 is 30.1 Å². The minimum atomic E-state index is -0.488. The number of benzene rings is 1. The number of nitrogens with one attached hydrogen (secondary N) is 2. The number of urea groups is 1. The Balaban J connectivity index is 1.47.